The van der Waals surface area contributed by atoms with Crippen LogP contribution in [0, 0.1) is 16.7 Å². The number of aliphatic hydroxyl groups is 1. The van der Waals surface area contributed by atoms with E-state index < -0.39 is 11.5 Å². The largest absolute Gasteiger partial charge is 0.391 e. The van der Waals surface area contributed by atoms with Crippen molar-refractivity contribution in [2.75, 3.05) is 0 Å². The van der Waals surface area contributed by atoms with E-state index in [9.17, 15) is 10.4 Å². The second-order valence-electron chi connectivity index (χ2n) is 5.55. The van der Waals surface area contributed by atoms with Crippen LogP contribution in [0.5, 0.6) is 0 Å². The minimum absolute atomic E-state index is 0.394. The fourth-order valence-electron chi connectivity index (χ4n) is 2.92. The maximum absolute atomic E-state index is 10.3. The molecule has 1 saturated carbocycles. The Morgan fingerprint density at radius 2 is 1.76 bits per heavy atom. The predicted octanol–water partition coefficient (Wildman–Crippen LogP) is 4.18. The van der Waals surface area contributed by atoms with Crippen molar-refractivity contribution in [3.05, 3.63) is 0 Å². The zero-order valence-corrected chi connectivity index (χ0v) is 11.2. The first kappa shape index (κ1) is 14.5. The lowest BCUT2D eigenvalue weighted by atomic mass is 9.70. The number of aliphatic hydroxyl groups excluding tert-OH is 1. The van der Waals surface area contributed by atoms with E-state index in [1.54, 1.807) is 0 Å². The molecule has 0 aliphatic heterocycles. The second-order valence-corrected chi connectivity index (χ2v) is 5.55. The van der Waals surface area contributed by atoms with Crippen LogP contribution in [0.15, 0.2) is 0 Å². The molecular weight excluding hydrogens is 210 g/mol. The zero-order valence-electron chi connectivity index (χ0n) is 11.2. The van der Waals surface area contributed by atoms with E-state index in [2.05, 4.69) is 13.0 Å². The van der Waals surface area contributed by atoms with Gasteiger partial charge < -0.3 is 5.11 Å². The number of hydrogen-bond acceptors (Lipinski definition) is 2. The molecule has 0 amide bonds. The third kappa shape index (κ3) is 4.32. The fraction of sp³-hybridized carbons (Fsp3) is 0.933. The Bertz CT molecular complexity index is 238. The van der Waals surface area contributed by atoms with Crippen molar-refractivity contribution < 1.29 is 5.11 Å². The maximum atomic E-state index is 10.3. The van der Waals surface area contributed by atoms with E-state index in [0.717, 1.165) is 38.5 Å². The number of rotatable bonds is 7. The van der Waals surface area contributed by atoms with Gasteiger partial charge in [0.25, 0.3) is 0 Å². The van der Waals surface area contributed by atoms with E-state index in [-0.39, 0.29) is 0 Å². The summed E-state index contributed by atoms with van der Waals surface area (Å²) in [7, 11) is 0. The topological polar surface area (TPSA) is 44.0 Å². The van der Waals surface area contributed by atoms with Crippen LogP contribution in [0.1, 0.15) is 77.6 Å². The Hall–Kier alpha value is -0.550. The molecule has 1 N–H and O–H groups in total. The van der Waals surface area contributed by atoms with Gasteiger partial charge in [-0.1, -0.05) is 58.3 Å². The number of hydrogen-bond donors (Lipinski definition) is 1. The highest BCUT2D eigenvalue weighted by atomic mass is 16.3. The lowest BCUT2D eigenvalue weighted by molar-refractivity contribution is 0.0289. The van der Waals surface area contributed by atoms with Crippen molar-refractivity contribution in [3.63, 3.8) is 0 Å². The first-order valence-corrected chi connectivity index (χ1v) is 7.34. The summed E-state index contributed by atoms with van der Waals surface area (Å²) in [5, 5.41) is 19.6. The summed E-state index contributed by atoms with van der Waals surface area (Å²) in [6.45, 7) is 2.21. The number of unbranched alkanes of at least 4 members (excludes halogenated alkanes) is 4. The van der Waals surface area contributed by atoms with Crippen LogP contribution in [0.25, 0.3) is 0 Å². The van der Waals surface area contributed by atoms with Crippen molar-refractivity contribution in [1.82, 2.24) is 0 Å². The van der Waals surface area contributed by atoms with Crippen LogP contribution in [0.3, 0.4) is 0 Å². The van der Waals surface area contributed by atoms with Gasteiger partial charge in [-0.05, 0) is 19.3 Å². The van der Waals surface area contributed by atoms with Gasteiger partial charge in [0.15, 0.2) is 0 Å². The van der Waals surface area contributed by atoms with Crippen LogP contribution in [0.2, 0.25) is 0 Å². The van der Waals surface area contributed by atoms with Crippen LogP contribution >= 0.6 is 0 Å². The van der Waals surface area contributed by atoms with Crippen molar-refractivity contribution in [2.45, 2.75) is 83.7 Å². The maximum Gasteiger partial charge on any atom is 0.0832 e. The summed E-state index contributed by atoms with van der Waals surface area (Å²) in [5.41, 5.74) is -0.414. The van der Waals surface area contributed by atoms with Gasteiger partial charge in [0.1, 0.15) is 0 Å². The molecule has 1 unspecified atom stereocenters. The third-order valence-corrected chi connectivity index (χ3v) is 4.19. The van der Waals surface area contributed by atoms with E-state index >= 15 is 0 Å². The monoisotopic (exact) mass is 237 g/mol. The van der Waals surface area contributed by atoms with Gasteiger partial charge >= 0.3 is 0 Å². The van der Waals surface area contributed by atoms with Crippen molar-refractivity contribution in [3.8, 4) is 6.07 Å². The van der Waals surface area contributed by atoms with E-state index in [1.807, 2.05) is 0 Å². The first-order valence-electron chi connectivity index (χ1n) is 7.34. The Labute approximate surface area is 106 Å². The van der Waals surface area contributed by atoms with Crippen molar-refractivity contribution in [1.29, 1.82) is 5.26 Å². The van der Waals surface area contributed by atoms with Crippen LogP contribution in [0.4, 0.5) is 0 Å². The molecule has 1 rings (SSSR count). The SMILES string of the molecule is CCCCCCCC(O)C1(C#N)CCCCC1. The quantitative estimate of drug-likeness (QED) is 0.675. The standard InChI is InChI=1S/C15H27NO/c1-2-3-4-5-7-10-14(17)15(13-16)11-8-6-9-12-15/h14,17H,2-12H2,1H3. The van der Waals surface area contributed by atoms with Crippen LogP contribution in [-0.2, 0) is 0 Å². The molecule has 0 saturated heterocycles. The smallest absolute Gasteiger partial charge is 0.0832 e. The van der Waals surface area contributed by atoms with Gasteiger partial charge in [0, 0.05) is 0 Å². The molecule has 1 aliphatic rings. The Kier molecular flexibility index (Phi) is 6.58. The Balaban J connectivity index is 2.29. The molecule has 0 aromatic rings. The molecule has 1 fully saturated rings. The highest BCUT2D eigenvalue weighted by molar-refractivity contribution is 5.04. The molecule has 1 atom stereocenters. The van der Waals surface area contributed by atoms with Crippen LogP contribution in [-0.4, -0.2) is 11.2 Å². The summed E-state index contributed by atoms with van der Waals surface area (Å²) >= 11 is 0. The lowest BCUT2D eigenvalue weighted by Gasteiger charge is -2.35. The molecule has 0 spiro atoms. The molecule has 2 heteroatoms. The van der Waals surface area contributed by atoms with Gasteiger partial charge in [0.05, 0.1) is 17.6 Å². The average Bonchev–Trinajstić information content (AvgIpc) is 2.39. The molecule has 2 nitrogen and oxygen atoms in total. The van der Waals surface area contributed by atoms with Gasteiger partial charge in [0.2, 0.25) is 0 Å². The normalized spacial score (nSPS) is 20.8. The number of nitriles is 1. The van der Waals surface area contributed by atoms with Gasteiger partial charge in [-0.25, -0.2) is 0 Å². The highest BCUT2D eigenvalue weighted by Gasteiger charge is 2.38. The average molecular weight is 237 g/mol. The van der Waals surface area contributed by atoms with Crippen molar-refractivity contribution >= 4 is 0 Å². The summed E-state index contributed by atoms with van der Waals surface area (Å²) in [4.78, 5) is 0. The molecule has 0 radical (unpaired) electrons. The molecule has 17 heavy (non-hydrogen) atoms. The van der Waals surface area contributed by atoms with E-state index in [0.29, 0.717) is 0 Å². The Morgan fingerprint density at radius 3 is 2.35 bits per heavy atom. The molecule has 0 bridgehead atoms. The lowest BCUT2D eigenvalue weighted by Crippen LogP contribution is -2.35. The molecule has 1 aliphatic carbocycles. The zero-order chi connectivity index (χ0) is 12.6. The minimum Gasteiger partial charge on any atom is -0.391 e. The molecule has 0 heterocycles. The molecule has 98 valence electrons. The third-order valence-electron chi connectivity index (χ3n) is 4.19. The summed E-state index contributed by atoms with van der Waals surface area (Å²) in [6, 6.07) is 2.42. The molecule has 0 aromatic carbocycles. The summed E-state index contributed by atoms with van der Waals surface area (Å²) < 4.78 is 0. The van der Waals surface area contributed by atoms with Crippen molar-refractivity contribution in [2.24, 2.45) is 5.41 Å². The van der Waals surface area contributed by atoms with Gasteiger partial charge in [-0.2, -0.15) is 5.26 Å². The van der Waals surface area contributed by atoms with E-state index in [1.165, 1.54) is 32.1 Å². The first-order chi connectivity index (χ1) is 8.25. The summed E-state index contributed by atoms with van der Waals surface area (Å²) in [5.74, 6) is 0. The highest BCUT2D eigenvalue weighted by Crippen LogP contribution is 2.40. The Morgan fingerprint density at radius 1 is 1.12 bits per heavy atom. The molecule has 0 aromatic heterocycles. The van der Waals surface area contributed by atoms with Gasteiger partial charge in [-0.3, -0.25) is 0 Å². The van der Waals surface area contributed by atoms with Gasteiger partial charge in [-0.15, -0.1) is 0 Å². The summed E-state index contributed by atoms with van der Waals surface area (Å²) in [6.07, 6.45) is 11.8. The minimum atomic E-state index is -0.414. The van der Waals surface area contributed by atoms with Crippen LogP contribution < -0.4 is 0 Å². The number of nitrogens with zero attached hydrogens (tertiary/aromatic N) is 1. The molecular formula is C15H27NO. The fourth-order valence-corrected chi connectivity index (χ4v) is 2.92. The predicted molar refractivity (Wildman–Crippen MR) is 70.5 cm³/mol. The second kappa shape index (κ2) is 7.71. The van der Waals surface area contributed by atoms with E-state index in [4.69, 9.17) is 0 Å².